The Balaban J connectivity index is 2.58. The largest absolute Gasteiger partial charge is 0.477 e. The Labute approximate surface area is 133 Å². The molecule has 3 N–H and O–H groups in total. The Morgan fingerprint density at radius 3 is 2.70 bits per heavy atom. The topological polar surface area (TPSA) is 104 Å². The van der Waals surface area contributed by atoms with Gasteiger partial charge in [0.05, 0.1) is 3.79 Å². The van der Waals surface area contributed by atoms with Crippen LogP contribution in [-0.2, 0) is 10.0 Å². The van der Waals surface area contributed by atoms with Gasteiger partial charge in [0.2, 0.25) is 10.0 Å². The molecule has 0 atom stereocenters. The molecule has 1 heterocycles. The highest BCUT2D eigenvalue weighted by Crippen LogP contribution is 2.31. The molecule has 0 amide bonds. The van der Waals surface area contributed by atoms with Gasteiger partial charge in [0.15, 0.2) is 0 Å². The van der Waals surface area contributed by atoms with Crippen molar-refractivity contribution in [3.05, 3.63) is 14.7 Å². The van der Waals surface area contributed by atoms with Crippen molar-refractivity contribution < 1.29 is 23.4 Å². The van der Waals surface area contributed by atoms with Crippen molar-refractivity contribution in [3.8, 4) is 0 Å². The Hall–Kier alpha value is -0.130. The molecule has 0 fully saturated rings. The van der Waals surface area contributed by atoms with Crippen LogP contribution in [-0.4, -0.2) is 49.3 Å². The van der Waals surface area contributed by atoms with Gasteiger partial charge in [0.25, 0.3) is 0 Å². The number of carboxylic acid groups (broad SMARTS) is 1. The van der Waals surface area contributed by atoms with E-state index in [1.54, 1.807) is 0 Å². The molecule has 0 aliphatic rings. The lowest BCUT2D eigenvalue weighted by Gasteiger charge is -2.05. The number of rotatable bonds is 9. The first-order valence-electron chi connectivity index (χ1n) is 5.59. The SMILES string of the molecule is O=C(O)c1cc(S(=O)(=O)NCCSCCCO)c(Br)s1. The molecule has 6 nitrogen and oxygen atoms in total. The lowest BCUT2D eigenvalue weighted by Crippen LogP contribution is -2.26. The van der Waals surface area contributed by atoms with Crippen molar-refractivity contribution in [2.75, 3.05) is 24.7 Å². The Kier molecular flexibility index (Phi) is 7.48. The zero-order chi connectivity index (χ0) is 15.2. The number of carbonyl (C=O) groups is 1. The number of aromatic carboxylic acids is 1. The molecular weight excluding hydrogens is 390 g/mol. The summed E-state index contributed by atoms with van der Waals surface area (Å²) in [5, 5.41) is 17.4. The molecule has 10 heteroatoms. The zero-order valence-electron chi connectivity index (χ0n) is 10.3. The van der Waals surface area contributed by atoms with Crippen LogP contribution in [0.4, 0.5) is 0 Å². The molecule has 114 valence electrons. The van der Waals surface area contributed by atoms with Crippen molar-refractivity contribution in [1.29, 1.82) is 0 Å². The van der Waals surface area contributed by atoms with Crippen LogP contribution in [0.2, 0.25) is 0 Å². The highest BCUT2D eigenvalue weighted by molar-refractivity contribution is 9.11. The van der Waals surface area contributed by atoms with Crippen molar-refractivity contribution >= 4 is 55.0 Å². The van der Waals surface area contributed by atoms with Crippen LogP contribution < -0.4 is 4.72 Å². The van der Waals surface area contributed by atoms with Gasteiger partial charge in [-0.15, -0.1) is 11.3 Å². The molecule has 0 spiro atoms. The lowest BCUT2D eigenvalue weighted by atomic mass is 10.5. The van der Waals surface area contributed by atoms with E-state index < -0.39 is 16.0 Å². The van der Waals surface area contributed by atoms with Crippen molar-refractivity contribution in [2.24, 2.45) is 0 Å². The number of nitrogens with one attached hydrogen (secondary N) is 1. The Morgan fingerprint density at radius 2 is 2.15 bits per heavy atom. The van der Waals surface area contributed by atoms with Gasteiger partial charge < -0.3 is 10.2 Å². The summed E-state index contributed by atoms with van der Waals surface area (Å²) >= 11 is 5.47. The van der Waals surface area contributed by atoms with E-state index in [2.05, 4.69) is 20.7 Å². The number of thiophene rings is 1. The van der Waals surface area contributed by atoms with Gasteiger partial charge in [-0.3, -0.25) is 0 Å². The van der Waals surface area contributed by atoms with E-state index in [1.807, 2.05) is 0 Å². The van der Waals surface area contributed by atoms with Gasteiger partial charge in [-0.2, -0.15) is 11.8 Å². The van der Waals surface area contributed by atoms with Gasteiger partial charge in [-0.05, 0) is 34.2 Å². The van der Waals surface area contributed by atoms with E-state index >= 15 is 0 Å². The highest BCUT2D eigenvalue weighted by atomic mass is 79.9. The maximum Gasteiger partial charge on any atom is 0.345 e. The standard InChI is InChI=1S/C10H14BrNO5S3/c11-9-8(6-7(19-9)10(14)15)20(16,17)12-2-5-18-4-1-3-13/h6,12-13H,1-5H2,(H,14,15). The van der Waals surface area contributed by atoms with Gasteiger partial charge in [-0.1, -0.05) is 0 Å². The molecule has 0 aliphatic heterocycles. The van der Waals surface area contributed by atoms with E-state index in [0.717, 1.165) is 23.2 Å². The van der Waals surface area contributed by atoms with Crippen LogP contribution in [0.25, 0.3) is 0 Å². The predicted octanol–water partition coefficient (Wildman–Crippen LogP) is 1.60. The summed E-state index contributed by atoms with van der Waals surface area (Å²) in [6.45, 7) is 0.377. The summed E-state index contributed by atoms with van der Waals surface area (Å²) in [6, 6.07) is 1.14. The van der Waals surface area contributed by atoms with E-state index in [4.69, 9.17) is 10.2 Å². The third kappa shape index (κ3) is 5.34. The summed E-state index contributed by atoms with van der Waals surface area (Å²) < 4.78 is 26.7. The summed E-state index contributed by atoms with van der Waals surface area (Å²) in [5.74, 6) is 0.202. The minimum atomic E-state index is -3.71. The Bertz CT molecular complexity index is 557. The average molecular weight is 404 g/mol. The molecular formula is C10H14BrNO5S3. The zero-order valence-corrected chi connectivity index (χ0v) is 14.4. The molecule has 1 aromatic heterocycles. The van der Waals surface area contributed by atoms with Gasteiger partial charge >= 0.3 is 5.97 Å². The molecule has 20 heavy (non-hydrogen) atoms. The number of thioether (sulfide) groups is 1. The van der Waals surface area contributed by atoms with Crippen molar-refractivity contribution in [2.45, 2.75) is 11.3 Å². The van der Waals surface area contributed by atoms with Crippen molar-refractivity contribution in [1.82, 2.24) is 4.72 Å². The number of aliphatic hydroxyl groups is 1. The third-order valence-corrected chi connectivity index (χ3v) is 6.91. The second-order valence-corrected chi connectivity index (χ2v) is 8.97. The molecule has 0 unspecified atom stereocenters. The Morgan fingerprint density at radius 1 is 1.45 bits per heavy atom. The molecule has 0 aliphatic carbocycles. The van der Waals surface area contributed by atoms with Gasteiger partial charge in [-0.25, -0.2) is 17.9 Å². The number of hydrogen-bond donors (Lipinski definition) is 3. The van der Waals surface area contributed by atoms with Crippen LogP contribution in [0.1, 0.15) is 16.1 Å². The first kappa shape index (κ1) is 17.9. The normalized spacial score (nSPS) is 11.7. The first-order chi connectivity index (χ1) is 9.38. The monoisotopic (exact) mass is 403 g/mol. The van der Waals surface area contributed by atoms with Gasteiger partial charge in [0.1, 0.15) is 9.77 Å². The minimum Gasteiger partial charge on any atom is -0.477 e. The molecule has 0 saturated heterocycles. The van der Waals surface area contributed by atoms with Crippen LogP contribution in [0.5, 0.6) is 0 Å². The molecule has 1 rings (SSSR count). The number of hydrogen-bond acceptors (Lipinski definition) is 6. The lowest BCUT2D eigenvalue weighted by molar-refractivity contribution is 0.0702. The van der Waals surface area contributed by atoms with Crippen LogP contribution in [0.3, 0.4) is 0 Å². The van der Waals surface area contributed by atoms with Crippen LogP contribution in [0, 0.1) is 0 Å². The number of halogens is 1. The molecule has 0 saturated carbocycles. The second-order valence-electron chi connectivity index (χ2n) is 3.64. The summed E-state index contributed by atoms with van der Waals surface area (Å²) in [6.07, 6.45) is 0.676. The van der Waals surface area contributed by atoms with E-state index in [1.165, 1.54) is 11.8 Å². The fourth-order valence-corrected chi connectivity index (χ4v) is 5.58. The summed E-state index contributed by atoms with van der Waals surface area (Å²) in [4.78, 5) is 10.7. The van der Waals surface area contributed by atoms with Crippen LogP contribution in [0.15, 0.2) is 14.7 Å². The summed E-state index contributed by atoms with van der Waals surface area (Å²) in [5.41, 5.74) is 0. The van der Waals surface area contributed by atoms with Gasteiger partial charge in [0, 0.05) is 18.9 Å². The second kappa shape index (κ2) is 8.35. The highest BCUT2D eigenvalue weighted by Gasteiger charge is 2.22. The molecule has 0 bridgehead atoms. The fourth-order valence-electron chi connectivity index (χ4n) is 1.24. The minimum absolute atomic E-state index is 0.0328. The quantitative estimate of drug-likeness (QED) is 0.541. The molecule has 0 radical (unpaired) electrons. The number of sulfonamides is 1. The molecule has 1 aromatic rings. The van der Waals surface area contributed by atoms with E-state index in [-0.39, 0.29) is 26.7 Å². The number of aliphatic hydroxyl groups excluding tert-OH is 1. The fraction of sp³-hybridized carbons (Fsp3) is 0.500. The number of carboxylic acids is 1. The van der Waals surface area contributed by atoms with Crippen LogP contribution >= 0.6 is 39.0 Å². The summed E-state index contributed by atoms with van der Waals surface area (Å²) in [7, 11) is -3.71. The maximum atomic E-state index is 12.0. The van der Waals surface area contributed by atoms with E-state index in [9.17, 15) is 13.2 Å². The van der Waals surface area contributed by atoms with E-state index in [0.29, 0.717) is 12.2 Å². The maximum absolute atomic E-state index is 12.0. The predicted molar refractivity (Wildman–Crippen MR) is 83.2 cm³/mol. The molecule has 0 aromatic carbocycles. The third-order valence-electron chi connectivity index (χ3n) is 2.14. The first-order valence-corrected chi connectivity index (χ1v) is 9.84. The average Bonchev–Trinajstić information content (AvgIpc) is 2.77. The smallest absolute Gasteiger partial charge is 0.345 e. The van der Waals surface area contributed by atoms with Crippen molar-refractivity contribution in [3.63, 3.8) is 0 Å².